The van der Waals surface area contributed by atoms with E-state index in [1.807, 2.05) is 38.1 Å². The van der Waals surface area contributed by atoms with Crippen LogP contribution in [0.4, 0.5) is 0 Å². The Hall–Kier alpha value is -1.55. The van der Waals surface area contributed by atoms with Crippen molar-refractivity contribution in [1.82, 2.24) is 5.32 Å². The Bertz CT molecular complexity index is 455. The van der Waals surface area contributed by atoms with Gasteiger partial charge in [0, 0.05) is 12.0 Å². The van der Waals surface area contributed by atoms with Crippen LogP contribution in [0.15, 0.2) is 24.3 Å². The Morgan fingerprint density at radius 2 is 2.17 bits per heavy atom. The fourth-order valence-electron chi connectivity index (χ4n) is 2.23. The van der Waals surface area contributed by atoms with E-state index < -0.39 is 6.04 Å². The summed E-state index contributed by atoms with van der Waals surface area (Å²) >= 11 is 0. The average Bonchev–Trinajstić information content (AvgIpc) is 2.27. The molecule has 1 aromatic rings. The molecule has 1 heterocycles. The molecule has 0 spiro atoms. The van der Waals surface area contributed by atoms with Gasteiger partial charge >= 0.3 is 0 Å². The van der Waals surface area contributed by atoms with E-state index in [-0.39, 0.29) is 17.6 Å². The third-order valence-electron chi connectivity index (χ3n) is 3.11. The summed E-state index contributed by atoms with van der Waals surface area (Å²) in [4.78, 5) is 11.8. The second kappa shape index (κ2) is 4.61. The number of carbonyl (C=O) groups excluding carboxylic acids is 1. The van der Waals surface area contributed by atoms with Crippen LogP contribution < -0.4 is 15.8 Å². The van der Waals surface area contributed by atoms with Crippen molar-refractivity contribution < 1.29 is 9.53 Å². The second-order valence-electron chi connectivity index (χ2n) is 5.45. The van der Waals surface area contributed by atoms with Crippen LogP contribution >= 0.6 is 0 Å². The summed E-state index contributed by atoms with van der Waals surface area (Å²) in [5.41, 5.74) is 6.33. The molecular weight excluding hydrogens is 228 g/mol. The van der Waals surface area contributed by atoms with Gasteiger partial charge in [-0.1, -0.05) is 18.2 Å². The standard InChI is InChI=1S/C14H20N2O2/c1-9(15)13(17)16-11-8-14(2,3)18-12-7-5-4-6-10(11)12/h4-7,9,11H,8,15H2,1-3H3,(H,16,17)/t9-,11?/m1/s1. The molecule has 0 radical (unpaired) electrons. The van der Waals surface area contributed by atoms with Crippen LogP contribution in [0.25, 0.3) is 0 Å². The zero-order valence-corrected chi connectivity index (χ0v) is 11.1. The number of nitrogens with two attached hydrogens (primary N) is 1. The first-order valence-electron chi connectivity index (χ1n) is 6.23. The molecule has 0 aromatic heterocycles. The number of ether oxygens (including phenoxy) is 1. The minimum atomic E-state index is -0.497. The van der Waals surface area contributed by atoms with Crippen molar-refractivity contribution in [2.75, 3.05) is 0 Å². The van der Waals surface area contributed by atoms with Gasteiger partial charge < -0.3 is 15.8 Å². The van der Waals surface area contributed by atoms with Gasteiger partial charge in [-0.2, -0.15) is 0 Å². The van der Waals surface area contributed by atoms with Crippen LogP contribution in [0, 0.1) is 0 Å². The minimum absolute atomic E-state index is 0.0385. The van der Waals surface area contributed by atoms with Crippen LogP contribution in [-0.2, 0) is 4.79 Å². The number of amides is 1. The lowest BCUT2D eigenvalue weighted by atomic mass is 9.89. The van der Waals surface area contributed by atoms with E-state index in [2.05, 4.69) is 5.32 Å². The fraction of sp³-hybridized carbons (Fsp3) is 0.500. The number of rotatable bonds is 2. The van der Waals surface area contributed by atoms with E-state index >= 15 is 0 Å². The Morgan fingerprint density at radius 3 is 2.83 bits per heavy atom. The van der Waals surface area contributed by atoms with E-state index in [4.69, 9.17) is 10.5 Å². The second-order valence-corrected chi connectivity index (χ2v) is 5.45. The van der Waals surface area contributed by atoms with Crippen LogP contribution in [0.1, 0.15) is 38.8 Å². The predicted molar refractivity (Wildman–Crippen MR) is 70.3 cm³/mol. The molecule has 3 N–H and O–H groups in total. The van der Waals surface area contributed by atoms with E-state index in [0.717, 1.165) is 17.7 Å². The normalized spacial score (nSPS) is 22.6. The number of fused-ring (bicyclic) bond motifs is 1. The van der Waals surface area contributed by atoms with Gasteiger partial charge in [0.05, 0.1) is 12.1 Å². The molecule has 1 unspecified atom stereocenters. The quantitative estimate of drug-likeness (QED) is 0.838. The van der Waals surface area contributed by atoms with Gasteiger partial charge in [-0.15, -0.1) is 0 Å². The van der Waals surface area contributed by atoms with E-state index in [1.165, 1.54) is 0 Å². The maximum absolute atomic E-state index is 11.8. The molecule has 4 heteroatoms. The molecule has 1 amide bonds. The largest absolute Gasteiger partial charge is 0.487 e. The Kier molecular flexibility index (Phi) is 3.30. The van der Waals surface area contributed by atoms with Crippen molar-refractivity contribution in [2.24, 2.45) is 5.73 Å². The summed E-state index contributed by atoms with van der Waals surface area (Å²) in [5, 5.41) is 2.99. The minimum Gasteiger partial charge on any atom is -0.487 e. The zero-order valence-electron chi connectivity index (χ0n) is 11.1. The number of benzene rings is 1. The molecule has 0 saturated carbocycles. The fourth-order valence-corrected chi connectivity index (χ4v) is 2.23. The van der Waals surface area contributed by atoms with E-state index in [1.54, 1.807) is 6.92 Å². The van der Waals surface area contributed by atoms with E-state index in [9.17, 15) is 4.79 Å². The van der Waals surface area contributed by atoms with Crippen molar-refractivity contribution in [3.05, 3.63) is 29.8 Å². The molecule has 2 rings (SSSR count). The summed E-state index contributed by atoms with van der Waals surface area (Å²) in [7, 11) is 0. The van der Waals surface area contributed by atoms with Crippen LogP contribution in [0.2, 0.25) is 0 Å². The van der Waals surface area contributed by atoms with Gasteiger partial charge in [0.25, 0.3) is 0 Å². The highest BCUT2D eigenvalue weighted by Gasteiger charge is 2.34. The number of para-hydroxylation sites is 1. The topological polar surface area (TPSA) is 64.4 Å². The Labute approximate surface area is 108 Å². The van der Waals surface area contributed by atoms with Gasteiger partial charge in [0.15, 0.2) is 0 Å². The molecule has 0 saturated heterocycles. The monoisotopic (exact) mass is 248 g/mol. The highest BCUT2D eigenvalue weighted by atomic mass is 16.5. The zero-order chi connectivity index (χ0) is 13.3. The molecule has 18 heavy (non-hydrogen) atoms. The smallest absolute Gasteiger partial charge is 0.237 e. The van der Waals surface area contributed by atoms with Crippen LogP contribution in [0.3, 0.4) is 0 Å². The Balaban J connectivity index is 2.27. The van der Waals surface area contributed by atoms with Crippen LogP contribution in [-0.4, -0.2) is 17.6 Å². The summed E-state index contributed by atoms with van der Waals surface area (Å²) in [6, 6.07) is 7.26. The molecular formula is C14H20N2O2. The molecule has 0 fully saturated rings. The predicted octanol–water partition coefficient (Wildman–Crippen LogP) is 1.75. The summed E-state index contributed by atoms with van der Waals surface area (Å²) in [5.74, 6) is 0.705. The third-order valence-corrected chi connectivity index (χ3v) is 3.11. The van der Waals surface area contributed by atoms with Gasteiger partial charge in [0.2, 0.25) is 5.91 Å². The first-order valence-corrected chi connectivity index (χ1v) is 6.23. The third kappa shape index (κ3) is 2.64. The van der Waals surface area contributed by atoms with Gasteiger partial charge in [0.1, 0.15) is 11.4 Å². The van der Waals surface area contributed by atoms with Gasteiger partial charge in [-0.25, -0.2) is 0 Å². The number of carbonyl (C=O) groups is 1. The first-order chi connectivity index (χ1) is 8.39. The average molecular weight is 248 g/mol. The maximum atomic E-state index is 11.8. The van der Waals surface area contributed by atoms with Crippen molar-refractivity contribution in [1.29, 1.82) is 0 Å². The van der Waals surface area contributed by atoms with Crippen molar-refractivity contribution in [3.63, 3.8) is 0 Å². The molecule has 0 aliphatic carbocycles. The first kappa shape index (κ1) is 12.9. The maximum Gasteiger partial charge on any atom is 0.237 e. The van der Waals surface area contributed by atoms with Crippen molar-refractivity contribution >= 4 is 5.91 Å². The molecule has 98 valence electrons. The molecule has 1 aromatic carbocycles. The SMILES string of the molecule is C[C@@H](N)C(=O)NC1CC(C)(C)Oc2ccccc21. The Morgan fingerprint density at radius 1 is 1.50 bits per heavy atom. The number of nitrogens with one attached hydrogen (secondary N) is 1. The van der Waals surface area contributed by atoms with Crippen LogP contribution in [0.5, 0.6) is 5.75 Å². The van der Waals surface area contributed by atoms with Crippen molar-refractivity contribution in [3.8, 4) is 5.75 Å². The van der Waals surface area contributed by atoms with Gasteiger partial charge in [-0.3, -0.25) is 4.79 Å². The van der Waals surface area contributed by atoms with Crippen molar-refractivity contribution in [2.45, 2.75) is 44.9 Å². The molecule has 1 aliphatic heterocycles. The molecule has 1 aliphatic rings. The highest BCUT2D eigenvalue weighted by Crippen LogP contribution is 2.39. The molecule has 0 bridgehead atoms. The lowest BCUT2D eigenvalue weighted by Gasteiger charge is -2.38. The molecule has 4 nitrogen and oxygen atoms in total. The number of hydrogen-bond donors (Lipinski definition) is 2. The summed E-state index contributed by atoms with van der Waals surface area (Å²) in [6.45, 7) is 5.73. The number of hydrogen-bond acceptors (Lipinski definition) is 3. The summed E-state index contributed by atoms with van der Waals surface area (Å²) in [6.07, 6.45) is 0.739. The summed E-state index contributed by atoms with van der Waals surface area (Å²) < 4.78 is 5.91. The highest BCUT2D eigenvalue weighted by molar-refractivity contribution is 5.81. The lowest BCUT2D eigenvalue weighted by Crippen LogP contribution is -2.45. The lowest BCUT2D eigenvalue weighted by molar-refractivity contribution is -0.123. The molecule has 2 atom stereocenters. The van der Waals surface area contributed by atoms with E-state index in [0.29, 0.717) is 0 Å². The van der Waals surface area contributed by atoms with Gasteiger partial charge in [-0.05, 0) is 26.8 Å².